The second-order valence-electron chi connectivity index (χ2n) is 29.5. The molecule has 4 aromatic carbocycles. The topological polar surface area (TPSA) is 179 Å². The number of carbonyl (C=O) groups is 4. The number of hydrogen-bond donors (Lipinski definition) is 0. The summed E-state index contributed by atoms with van der Waals surface area (Å²) >= 11 is 0. The van der Waals surface area contributed by atoms with Crippen LogP contribution in [-0.2, 0) is 90.7 Å². The monoisotopic (exact) mass is 1510 g/mol. The lowest BCUT2D eigenvalue weighted by molar-refractivity contribution is 0.0515. The number of fused-ring (bicyclic) bond motifs is 8. The SMILES string of the molecule is CCCCCCCCCCCCOc1c2cc(C(=O)OCC)cc1COCc1cc(C(=O)OCC)cc(c1OCCCCCCCCCCCC)COCc1cc(C(=O)OCC)cc(c1OCCCCCCCCCCCC)COCc1cc(C(=O)OCC)cc(c1OCCCCCCCCCCCC)COC2. The number of hydrogen-bond acceptors (Lipinski definition) is 16. The molecule has 0 aromatic heterocycles. The Morgan fingerprint density at radius 2 is 0.361 bits per heavy atom. The summed E-state index contributed by atoms with van der Waals surface area (Å²) in [6, 6.07) is 14.2. The zero-order valence-electron chi connectivity index (χ0n) is 68.7. The Kier molecular flexibility index (Phi) is 51.0. The van der Waals surface area contributed by atoms with Crippen LogP contribution in [0.3, 0.4) is 0 Å². The first-order valence-corrected chi connectivity index (χ1v) is 43.2. The van der Waals surface area contributed by atoms with Crippen molar-refractivity contribution in [3.63, 3.8) is 0 Å². The Morgan fingerprint density at radius 3 is 0.500 bits per heavy atom. The lowest BCUT2D eigenvalue weighted by Gasteiger charge is -2.22. The standard InChI is InChI=1S/C92H144O16/c1-9-17-21-25-29-33-37-41-45-49-53-105-85-77-57-73(89(93)101-13-5)58-78(85)66-98-68-80-60-75(91(95)103-15-7)62-82(87(80)107-55-51-47-43-39-35-31-27-23-19-11-3)70-100-72-84-64-76(92(96)104-16-8)63-83(88(84)108-56-52-48-44-40-36-32-28-24-20-12-4)71-99-69-81-61-74(90(94)102-14-6)59-79(67-97-65-77)86(81)106-54-50-46-42-38-34-30-26-22-18-10-2/h57-64H,9-56,65-72H2,1-8H3. The second-order valence-corrected chi connectivity index (χ2v) is 29.5. The van der Waals surface area contributed by atoms with E-state index in [1.165, 1.54) is 180 Å². The minimum atomic E-state index is -0.505. The minimum absolute atomic E-state index is 0.0100. The molecule has 0 radical (unpaired) electrons. The molecule has 16 heteroatoms. The number of benzene rings is 4. The molecule has 0 amide bonds. The Morgan fingerprint density at radius 1 is 0.222 bits per heavy atom. The number of ether oxygens (including phenoxy) is 12. The van der Waals surface area contributed by atoms with Crippen LogP contribution in [0.5, 0.6) is 23.0 Å². The van der Waals surface area contributed by atoms with Crippen molar-refractivity contribution < 1.29 is 76.0 Å². The highest BCUT2D eigenvalue weighted by Gasteiger charge is 2.25. The third-order valence-electron chi connectivity index (χ3n) is 20.1. The van der Waals surface area contributed by atoms with E-state index in [0.29, 0.717) is 116 Å². The molecule has 0 N–H and O–H groups in total. The van der Waals surface area contributed by atoms with Gasteiger partial charge in [0.25, 0.3) is 0 Å². The van der Waals surface area contributed by atoms with Gasteiger partial charge in [-0.3, -0.25) is 0 Å². The summed E-state index contributed by atoms with van der Waals surface area (Å²) < 4.78 is 77.7. The Hall–Kier alpha value is -6.20. The van der Waals surface area contributed by atoms with Crippen LogP contribution >= 0.6 is 0 Å². The Balaban J connectivity index is 1.66. The van der Waals surface area contributed by atoms with E-state index >= 15 is 0 Å². The van der Waals surface area contributed by atoms with E-state index in [9.17, 15) is 19.2 Å². The van der Waals surface area contributed by atoms with Gasteiger partial charge in [0.05, 0.1) is 128 Å². The van der Waals surface area contributed by atoms with E-state index in [4.69, 9.17) is 56.8 Å². The third kappa shape index (κ3) is 37.2. The van der Waals surface area contributed by atoms with Gasteiger partial charge in [-0.15, -0.1) is 0 Å². The minimum Gasteiger partial charge on any atom is -0.493 e. The molecule has 0 atom stereocenters. The zero-order valence-corrected chi connectivity index (χ0v) is 68.7. The Labute approximate surface area is 652 Å². The summed E-state index contributed by atoms with van der Waals surface area (Å²) in [7, 11) is 0. The average molecular weight is 1510 g/mol. The molecule has 1 heterocycles. The van der Waals surface area contributed by atoms with Crippen LogP contribution < -0.4 is 18.9 Å². The fourth-order valence-corrected chi connectivity index (χ4v) is 14.1. The smallest absolute Gasteiger partial charge is 0.338 e. The molecular formula is C92H144O16. The zero-order chi connectivity index (χ0) is 77.3. The number of carbonyl (C=O) groups excluding carboxylic acids is 4. The average Bonchev–Trinajstić information content (AvgIpc) is 0.825. The van der Waals surface area contributed by atoms with Crippen LogP contribution in [0.15, 0.2) is 48.5 Å². The molecule has 0 saturated carbocycles. The third-order valence-corrected chi connectivity index (χ3v) is 20.1. The van der Waals surface area contributed by atoms with Gasteiger partial charge in [0.15, 0.2) is 0 Å². The van der Waals surface area contributed by atoms with Gasteiger partial charge < -0.3 is 56.8 Å². The van der Waals surface area contributed by atoms with E-state index in [-0.39, 0.29) is 79.3 Å². The van der Waals surface area contributed by atoms with Gasteiger partial charge in [-0.2, -0.15) is 0 Å². The van der Waals surface area contributed by atoms with Crippen LogP contribution in [-0.4, -0.2) is 76.7 Å². The largest absolute Gasteiger partial charge is 0.493 e. The predicted molar refractivity (Wildman–Crippen MR) is 433 cm³/mol. The van der Waals surface area contributed by atoms with Gasteiger partial charge in [-0.1, -0.05) is 259 Å². The van der Waals surface area contributed by atoms with Crippen LogP contribution in [0.25, 0.3) is 0 Å². The maximum absolute atomic E-state index is 14.0. The second kappa shape index (κ2) is 59.6. The van der Waals surface area contributed by atoms with E-state index in [2.05, 4.69) is 27.7 Å². The van der Waals surface area contributed by atoms with Gasteiger partial charge in [0, 0.05) is 44.5 Å². The summed E-state index contributed by atoms with van der Waals surface area (Å²) in [5, 5.41) is 0. The summed E-state index contributed by atoms with van der Waals surface area (Å²) in [6.07, 6.45) is 46.7. The summed E-state index contributed by atoms with van der Waals surface area (Å²) in [5.41, 5.74) is 6.11. The Bertz CT molecular complexity index is 2580. The van der Waals surface area contributed by atoms with Crippen molar-refractivity contribution in [1.82, 2.24) is 0 Å². The first kappa shape index (κ1) is 92.4. The summed E-state index contributed by atoms with van der Waals surface area (Å²) in [5.74, 6) is 0.120. The molecule has 0 unspecified atom stereocenters. The van der Waals surface area contributed by atoms with Crippen molar-refractivity contribution in [2.45, 2.75) is 365 Å². The van der Waals surface area contributed by atoms with E-state index < -0.39 is 23.9 Å². The first-order chi connectivity index (χ1) is 53.0. The number of rotatable bonds is 56. The fourth-order valence-electron chi connectivity index (χ4n) is 14.1. The number of unbranched alkanes of at least 4 members (excludes halogenated alkanes) is 36. The molecule has 0 saturated heterocycles. The van der Waals surface area contributed by atoms with Gasteiger partial charge >= 0.3 is 23.9 Å². The first-order valence-electron chi connectivity index (χ1n) is 43.2. The lowest BCUT2D eigenvalue weighted by Crippen LogP contribution is -2.14. The van der Waals surface area contributed by atoms with Crippen LogP contribution in [0, 0.1) is 0 Å². The molecule has 0 spiro atoms. The quantitative estimate of drug-likeness (QED) is 0.0231. The highest BCUT2D eigenvalue weighted by molar-refractivity contribution is 5.92. The molecule has 1 aliphatic rings. The van der Waals surface area contributed by atoms with E-state index in [1.807, 2.05) is 0 Å². The van der Waals surface area contributed by atoms with E-state index in [1.54, 1.807) is 76.2 Å². The van der Waals surface area contributed by atoms with Gasteiger partial charge in [0.1, 0.15) is 23.0 Å². The van der Waals surface area contributed by atoms with Crippen LogP contribution in [0.1, 0.15) is 398 Å². The molecule has 8 bridgehead atoms. The molecule has 108 heavy (non-hydrogen) atoms. The van der Waals surface area contributed by atoms with Crippen molar-refractivity contribution in [2.75, 3.05) is 52.9 Å². The molecule has 0 fully saturated rings. The highest BCUT2D eigenvalue weighted by Crippen LogP contribution is 2.37. The van der Waals surface area contributed by atoms with Crippen molar-refractivity contribution in [3.05, 3.63) is 115 Å². The maximum atomic E-state index is 14.0. The van der Waals surface area contributed by atoms with Gasteiger partial charge in [-0.25, -0.2) is 19.2 Å². The summed E-state index contributed by atoms with van der Waals surface area (Å²) in [4.78, 5) is 56.1. The molecule has 1 aliphatic heterocycles. The molecular weight excluding hydrogens is 1360 g/mol. The fraction of sp³-hybridized carbons (Fsp3) is 0.696. The predicted octanol–water partition coefficient (Wildman–Crippen LogP) is 24.8. The van der Waals surface area contributed by atoms with Crippen LogP contribution in [0.4, 0.5) is 0 Å². The molecule has 16 nitrogen and oxygen atoms in total. The maximum Gasteiger partial charge on any atom is 0.338 e. The highest BCUT2D eigenvalue weighted by atomic mass is 16.6. The molecule has 5 rings (SSSR count). The van der Waals surface area contributed by atoms with Crippen molar-refractivity contribution in [2.24, 2.45) is 0 Å². The molecule has 0 aliphatic carbocycles. The van der Waals surface area contributed by atoms with Crippen molar-refractivity contribution in [3.8, 4) is 23.0 Å². The van der Waals surface area contributed by atoms with E-state index in [0.717, 1.165) is 77.0 Å². The van der Waals surface area contributed by atoms with Crippen LogP contribution in [0.2, 0.25) is 0 Å². The van der Waals surface area contributed by atoms with Gasteiger partial charge in [-0.05, 0) is 102 Å². The molecule has 4 aromatic rings. The van der Waals surface area contributed by atoms with Gasteiger partial charge in [0.2, 0.25) is 0 Å². The lowest BCUT2D eigenvalue weighted by atomic mass is 10.0. The normalized spacial score (nSPS) is 12.8. The summed E-state index contributed by atoms with van der Waals surface area (Å²) in [6.45, 7) is 18.4. The van der Waals surface area contributed by atoms with Crippen molar-refractivity contribution in [1.29, 1.82) is 0 Å². The number of esters is 4. The van der Waals surface area contributed by atoms with Crippen molar-refractivity contribution >= 4 is 23.9 Å². The molecule has 608 valence electrons.